The van der Waals surface area contributed by atoms with Gasteiger partial charge in [-0.15, -0.1) is 0 Å². The molecule has 5 heteroatoms. The second-order valence-corrected chi connectivity index (χ2v) is 5.87. The molecule has 0 spiro atoms. The van der Waals surface area contributed by atoms with Crippen LogP contribution in [0.3, 0.4) is 0 Å². The fourth-order valence-corrected chi connectivity index (χ4v) is 3.32. The van der Waals surface area contributed by atoms with Crippen LogP contribution >= 0.6 is 0 Å². The van der Waals surface area contributed by atoms with Crippen molar-refractivity contribution >= 4 is 17.0 Å². The molecule has 1 aromatic carbocycles. The van der Waals surface area contributed by atoms with Gasteiger partial charge in [0.05, 0.1) is 12.6 Å². The van der Waals surface area contributed by atoms with Crippen LogP contribution in [-0.4, -0.2) is 41.2 Å². The van der Waals surface area contributed by atoms with Gasteiger partial charge < -0.3 is 19.9 Å². The lowest BCUT2D eigenvalue weighted by molar-refractivity contribution is 0.238. The molecule has 0 radical (unpaired) electrons. The Bertz CT molecular complexity index is 616. The smallest absolute Gasteiger partial charge is 0.201 e. The number of nitrogens with zero attached hydrogens (tertiary/aromatic N) is 3. The van der Waals surface area contributed by atoms with Crippen LogP contribution in [0.15, 0.2) is 18.2 Å². The Morgan fingerprint density at radius 3 is 2.86 bits per heavy atom. The minimum Gasteiger partial charge on any atom is -0.494 e. The average molecular weight is 288 g/mol. The number of ether oxygens (including phenoxy) is 1. The molecule has 0 aliphatic heterocycles. The van der Waals surface area contributed by atoms with Crippen molar-refractivity contribution in [1.82, 2.24) is 14.5 Å². The standard InChI is InChI=1S/C16H24N4O/c1-19(12-6-3-4-7-12)10-11-20-13-8-5-9-14(21-2)15(13)18-16(20)17/h5,8-9,12H,3-4,6-7,10-11H2,1-2H3,(H2,17,18). The van der Waals surface area contributed by atoms with Crippen molar-refractivity contribution in [3.05, 3.63) is 18.2 Å². The van der Waals surface area contributed by atoms with Crippen LogP contribution in [-0.2, 0) is 6.54 Å². The molecular weight excluding hydrogens is 264 g/mol. The van der Waals surface area contributed by atoms with Gasteiger partial charge in [-0.05, 0) is 32.0 Å². The Balaban J connectivity index is 1.78. The summed E-state index contributed by atoms with van der Waals surface area (Å²) >= 11 is 0. The first kappa shape index (κ1) is 14.2. The third kappa shape index (κ3) is 2.70. The van der Waals surface area contributed by atoms with E-state index in [0.29, 0.717) is 5.95 Å². The molecule has 0 atom stereocenters. The van der Waals surface area contributed by atoms with E-state index in [9.17, 15) is 0 Å². The third-order valence-corrected chi connectivity index (χ3v) is 4.62. The first-order valence-corrected chi connectivity index (χ1v) is 7.69. The van der Waals surface area contributed by atoms with E-state index in [1.54, 1.807) is 7.11 Å². The summed E-state index contributed by atoms with van der Waals surface area (Å²) in [5.74, 6) is 1.34. The summed E-state index contributed by atoms with van der Waals surface area (Å²) in [5, 5.41) is 0. The molecule has 1 aliphatic rings. The predicted octanol–water partition coefficient (Wildman–Crippen LogP) is 2.50. The van der Waals surface area contributed by atoms with Crippen LogP contribution < -0.4 is 10.5 Å². The van der Waals surface area contributed by atoms with E-state index in [1.165, 1.54) is 25.7 Å². The Labute approximate surface area is 125 Å². The highest BCUT2D eigenvalue weighted by Gasteiger charge is 2.20. The molecule has 1 aromatic heterocycles. The van der Waals surface area contributed by atoms with Gasteiger partial charge in [-0.25, -0.2) is 4.98 Å². The average Bonchev–Trinajstić information content (AvgIpc) is 3.12. The lowest BCUT2D eigenvalue weighted by atomic mass is 10.2. The number of methoxy groups -OCH3 is 1. The number of benzene rings is 1. The first-order valence-electron chi connectivity index (χ1n) is 7.69. The summed E-state index contributed by atoms with van der Waals surface area (Å²) < 4.78 is 7.45. The summed E-state index contributed by atoms with van der Waals surface area (Å²) in [6.45, 7) is 1.86. The molecule has 1 saturated carbocycles. The number of hydrogen-bond donors (Lipinski definition) is 1. The second kappa shape index (κ2) is 5.93. The van der Waals surface area contributed by atoms with Crippen molar-refractivity contribution in [1.29, 1.82) is 0 Å². The minimum absolute atomic E-state index is 0.564. The SMILES string of the molecule is COc1cccc2c1nc(N)n2CCN(C)C1CCCC1. The van der Waals surface area contributed by atoms with Gasteiger partial charge in [0.2, 0.25) is 5.95 Å². The molecule has 114 valence electrons. The van der Waals surface area contributed by atoms with Crippen LogP contribution in [0.1, 0.15) is 25.7 Å². The zero-order valence-electron chi connectivity index (χ0n) is 12.9. The monoisotopic (exact) mass is 288 g/mol. The van der Waals surface area contributed by atoms with E-state index in [0.717, 1.165) is 35.9 Å². The van der Waals surface area contributed by atoms with Crippen LogP contribution in [0.25, 0.3) is 11.0 Å². The molecule has 0 saturated heterocycles. The van der Waals surface area contributed by atoms with Gasteiger partial charge in [-0.1, -0.05) is 18.9 Å². The molecule has 21 heavy (non-hydrogen) atoms. The Morgan fingerprint density at radius 1 is 1.38 bits per heavy atom. The van der Waals surface area contributed by atoms with Gasteiger partial charge in [-0.2, -0.15) is 0 Å². The van der Waals surface area contributed by atoms with Crippen molar-refractivity contribution in [3.8, 4) is 5.75 Å². The molecule has 5 nitrogen and oxygen atoms in total. The number of aromatic nitrogens is 2. The highest BCUT2D eigenvalue weighted by molar-refractivity contribution is 5.84. The highest BCUT2D eigenvalue weighted by atomic mass is 16.5. The molecule has 2 aromatic rings. The number of hydrogen-bond acceptors (Lipinski definition) is 4. The second-order valence-electron chi connectivity index (χ2n) is 5.87. The van der Waals surface area contributed by atoms with Crippen molar-refractivity contribution in [2.24, 2.45) is 0 Å². The van der Waals surface area contributed by atoms with E-state index < -0.39 is 0 Å². The van der Waals surface area contributed by atoms with Crippen molar-refractivity contribution in [2.45, 2.75) is 38.3 Å². The summed E-state index contributed by atoms with van der Waals surface area (Å²) in [4.78, 5) is 6.91. The van der Waals surface area contributed by atoms with Gasteiger partial charge in [0.25, 0.3) is 0 Å². The maximum Gasteiger partial charge on any atom is 0.201 e. The normalized spacial score (nSPS) is 16.1. The lowest BCUT2D eigenvalue weighted by Gasteiger charge is -2.24. The summed E-state index contributed by atoms with van der Waals surface area (Å²) in [6, 6.07) is 6.69. The predicted molar refractivity (Wildman–Crippen MR) is 85.6 cm³/mol. The zero-order valence-corrected chi connectivity index (χ0v) is 12.9. The molecule has 1 fully saturated rings. The zero-order chi connectivity index (χ0) is 14.8. The quantitative estimate of drug-likeness (QED) is 0.918. The van der Waals surface area contributed by atoms with Gasteiger partial charge >= 0.3 is 0 Å². The minimum atomic E-state index is 0.564. The largest absolute Gasteiger partial charge is 0.494 e. The van der Waals surface area contributed by atoms with Crippen LogP contribution in [0.4, 0.5) is 5.95 Å². The van der Waals surface area contributed by atoms with E-state index in [4.69, 9.17) is 10.5 Å². The highest BCUT2D eigenvalue weighted by Crippen LogP contribution is 2.27. The Hall–Kier alpha value is -1.75. The molecule has 3 rings (SSSR count). The fraction of sp³-hybridized carbons (Fsp3) is 0.562. The number of fused-ring (bicyclic) bond motifs is 1. The number of para-hydroxylation sites is 1. The summed E-state index contributed by atoms with van der Waals surface area (Å²) in [5.41, 5.74) is 7.99. The summed E-state index contributed by atoms with van der Waals surface area (Å²) in [6.07, 6.45) is 5.37. The fourth-order valence-electron chi connectivity index (χ4n) is 3.32. The van der Waals surface area contributed by atoms with Crippen LogP contribution in [0, 0.1) is 0 Å². The number of imidazole rings is 1. The van der Waals surface area contributed by atoms with Crippen molar-refractivity contribution in [2.75, 3.05) is 26.4 Å². The maximum atomic E-state index is 6.09. The Morgan fingerprint density at radius 2 is 2.14 bits per heavy atom. The number of nitrogens with two attached hydrogens (primary N) is 1. The first-order chi connectivity index (χ1) is 10.2. The Kier molecular flexibility index (Phi) is 4.01. The van der Waals surface area contributed by atoms with E-state index >= 15 is 0 Å². The lowest BCUT2D eigenvalue weighted by Crippen LogP contribution is -2.32. The van der Waals surface area contributed by atoms with Gasteiger partial charge in [0.15, 0.2) is 0 Å². The van der Waals surface area contributed by atoms with E-state index in [2.05, 4.69) is 27.6 Å². The molecule has 1 heterocycles. The van der Waals surface area contributed by atoms with Crippen molar-refractivity contribution < 1.29 is 4.74 Å². The molecular formula is C16H24N4O. The van der Waals surface area contributed by atoms with Crippen molar-refractivity contribution in [3.63, 3.8) is 0 Å². The molecule has 0 unspecified atom stereocenters. The van der Waals surface area contributed by atoms with Crippen LogP contribution in [0.5, 0.6) is 5.75 Å². The third-order valence-electron chi connectivity index (χ3n) is 4.62. The van der Waals surface area contributed by atoms with E-state index in [-0.39, 0.29) is 0 Å². The number of rotatable bonds is 5. The topological polar surface area (TPSA) is 56.3 Å². The molecule has 1 aliphatic carbocycles. The maximum absolute atomic E-state index is 6.09. The number of anilines is 1. The molecule has 0 bridgehead atoms. The van der Waals surface area contributed by atoms with Crippen LogP contribution in [0.2, 0.25) is 0 Å². The van der Waals surface area contributed by atoms with Gasteiger partial charge in [-0.3, -0.25) is 0 Å². The molecule has 0 amide bonds. The van der Waals surface area contributed by atoms with Gasteiger partial charge in [0.1, 0.15) is 11.3 Å². The number of likely N-dealkylation sites (N-methyl/N-ethyl adjacent to an activating group) is 1. The number of nitrogen functional groups attached to an aromatic ring is 1. The van der Waals surface area contributed by atoms with E-state index in [1.807, 2.05) is 12.1 Å². The molecule has 2 N–H and O–H groups in total. The van der Waals surface area contributed by atoms with Gasteiger partial charge in [0, 0.05) is 19.1 Å². The summed E-state index contributed by atoms with van der Waals surface area (Å²) in [7, 11) is 3.88.